The van der Waals surface area contributed by atoms with Gasteiger partial charge < -0.3 is 10.1 Å². The van der Waals surface area contributed by atoms with Crippen molar-refractivity contribution < 1.29 is 9.53 Å². The number of hydrogen-bond donors (Lipinski definition) is 1. The van der Waals surface area contributed by atoms with Gasteiger partial charge in [-0.3, -0.25) is 4.79 Å². The molecular formula is C13H11BrClNO2S. The highest BCUT2D eigenvalue weighted by atomic mass is 79.9. The van der Waals surface area contributed by atoms with Gasteiger partial charge in [-0.1, -0.05) is 11.6 Å². The number of hydrogen-bond acceptors (Lipinski definition) is 3. The Labute approximate surface area is 128 Å². The summed E-state index contributed by atoms with van der Waals surface area (Å²) >= 11 is 10.8. The number of carbonyl (C=O) groups is 1. The lowest BCUT2D eigenvalue weighted by Crippen LogP contribution is -2.28. The molecular weight excluding hydrogens is 350 g/mol. The predicted molar refractivity (Wildman–Crippen MR) is 80.8 cm³/mol. The quantitative estimate of drug-likeness (QED) is 0.879. The van der Waals surface area contributed by atoms with E-state index in [1.54, 1.807) is 35.6 Å². The topological polar surface area (TPSA) is 38.3 Å². The number of carbonyl (C=O) groups excluding carboxylic acids is 1. The Morgan fingerprint density at radius 3 is 2.68 bits per heavy atom. The van der Waals surface area contributed by atoms with Crippen LogP contribution in [0.2, 0.25) is 5.02 Å². The highest BCUT2D eigenvalue weighted by Crippen LogP contribution is 2.22. The number of ether oxygens (including phenoxy) is 1. The smallest absolute Gasteiger partial charge is 0.258 e. The van der Waals surface area contributed by atoms with Crippen LogP contribution in [-0.2, 0) is 11.3 Å². The van der Waals surface area contributed by atoms with Crippen molar-refractivity contribution in [3.8, 4) is 5.75 Å². The molecule has 0 saturated carbocycles. The average Bonchev–Trinajstić information content (AvgIpc) is 2.81. The van der Waals surface area contributed by atoms with Gasteiger partial charge in [0.05, 0.1) is 6.54 Å². The number of nitrogens with one attached hydrogen (secondary N) is 1. The van der Waals surface area contributed by atoms with Crippen molar-refractivity contribution in [1.29, 1.82) is 0 Å². The van der Waals surface area contributed by atoms with Crippen LogP contribution in [0.25, 0.3) is 0 Å². The molecule has 1 aromatic carbocycles. The van der Waals surface area contributed by atoms with E-state index < -0.39 is 0 Å². The lowest BCUT2D eigenvalue weighted by atomic mass is 10.3. The largest absolute Gasteiger partial charge is 0.484 e. The second-order valence-corrected chi connectivity index (χ2v) is 6.00. The number of thiophene rings is 1. The molecule has 0 spiro atoms. The van der Waals surface area contributed by atoms with Crippen LogP contribution in [0.1, 0.15) is 4.88 Å². The zero-order chi connectivity index (χ0) is 13.7. The van der Waals surface area contributed by atoms with E-state index in [0.29, 0.717) is 17.3 Å². The summed E-state index contributed by atoms with van der Waals surface area (Å²) in [7, 11) is 0. The number of halogens is 2. The van der Waals surface area contributed by atoms with Crippen molar-refractivity contribution in [3.63, 3.8) is 0 Å². The highest BCUT2D eigenvalue weighted by molar-refractivity contribution is 9.10. The Balaban J connectivity index is 1.76. The standard InChI is InChI=1S/C13H11BrClNO2S/c14-11-5-6-19-12(11)7-16-13(17)8-18-10-3-1-9(15)2-4-10/h1-6H,7-8H2,(H,16,17). The summed E-state index contributed by atoms with van der Waals surface area (Å²) in [6, 6.07) is 8.85. The average molecular weight is 361 g/mol. The van der Waals surface area contributed by atoms with Crippen molar-refractivity contribution in [2.75, 3.05) is 6.61 Å². The Morgan fingerprint density at radius 1 is 1.32 bits per heavy atom. The van der Waals surface area contributed by atoms with Gasteiger partial charge in [-0.25, -0.2) is 0 Å². The van der Waals surface area contributed by atoms with Crippen molar-refractivity contribution in [2.45, 2.75) is 6.54 Å². The van der Waals surface area contributed by atoms with Crippen molar-refractivity contribution in [2.24, 2.45) is 0 Å². The van der Waals surface area contributed by atoms with Gasteiger partial charge >= 0.3 is 0 Å². The molecule has 2 rings (SSSR count). The van der Waals surface area contributed by atoms with Gasteiger partial charge in [0.2, 0.25) is 0 Å². The SMILES string of the molecule is O=C(COc1ccc(Cl)cc1)NCc1sccc1Br. The molecule has 1 N–H and O–H groups in total. The maximum Gasteiger partial charge on any atom is 0.258 e. The second kappa shape index (κ2) is 6.93. The molecule has 2 aromatic rings. The molecule has 6 heteroatoms. The molecule has 0 atom stereocenters. The number of rotatable bonds is 5. The van der Waals surface area contributed by atoms with Crippen LogP contribution >= 0.6 is 38.9 Å². The Bertz CT molecular complexity index is 556. The molecule has 1 heterocycles. The van der Waals surface area contributed by atoms with Gasteiger partial charge in [0.25, 0.3) is 5.91 Å². The van der Waals surface area contributed by atoms with E-state index in [-0.39, 0.29) is 12.5 Å². The van der Waals surface area contributed by atoms with Crippen LogP contribution < -0.4 is 10.1 Å². The van der Waals surface area contributed by atoms with Crippen LogP contribution in [0.4, 0.5) is 0 Å². The molecule has 0 aliphatic heterocycles. The van der Waals surface area contributed by atoms with Crippen LogP contribution in [0.15, 0.2) is 40.2 Å². The fraction of sp³-hybridized carbons (Fsp3) is 0.154. The van der Waals surface area contributed by atoms with Crippen LogP contribution in [-0.4, -0.2) is 12.5 Å². The fourth-order valence-corrected chi connectivity index (χ4v) is 2.92. The lowest BCUT2D eigenvalue weighted by Gasteiger charge is -2.07. The zero-order valence-electron chi connectivity index (χ0n) is 9.86. The van der Waals surface area contributed by atoms with E-state index in [1.165, 1.54) is 0 Å². The first kappa shape index (κ1) is 14.4. The Kier molecular flexibility index (Phi) is 5.24. The molecule has 0 saturated heterocycles. The van der Waals surface area contributed by atoms with Crippen LogP contribution in [0.3, 0.4) is 0 Å². The van der Waals surface area contributed by atoms with Crippen LogP contribution in [0, 0.1) is 0 Å². The third-order valence-corrected chi connectivity index (χ3v) is 4.50. The molecule has 3 nitrogen and oxygen atoms in total. The summed E-state index contributed by atoms with van der Waals surface area (Å²) in [6.45, 7) is 0.492. The summed E-state index contributed by atoms with van der Waals surface area (Å²) in [6.07, 6.45) is 0. The lowest BCUT2D eigenvalue weighted by molar-refractivity contribution is -0.123. The van der Waals surface area contributed by atoms with Crippen molar-refractivity contribution in [1.82, 2.24) is 5.32 Å². The van der Waals surface area contributed by atoms with Crippen LogP contribution in [0.5, 0.6) is 5.75 Å². The first-order chi connectivity index (χ1) is 9.15. The highest BCUT2D eigenvalue weighted by Gasteiger charge is 2.05. The summed E-state index contributed by atoms with van der Waals surface area (Å²) in [5.41, 5.74) is 0. The predicted octanol–water partition coefficient (Wildman–Crippen LogP) is 3.86. The van der Waals surface area contributed by atoms with Gasteiger partial charge in [-0.2, -0.15) is 0 Å². The molecule has 1 amide bonds. The third-order valence-electron chi connectivity index (χ3n) is 2.32. The van der Waals surface area contributed by atoms with Gasteiger partial charge in [0, 0.05) is 14.4 Å². The Morgan fingerprint density at radius 2 is 2.05 bits per heavy atom. The van der Waals surface area contributed by atoms with Gasteiger partial charge in [-0.05, 0) is 51.6 Å². The Hall–Kier alpha value is -1.04. The molecule has 0 unspecified atom stereocenters. The monoisotopic (exact) mass is 359 g/mol. The molecule has 0 aliphatic rings. The van der Waals surface area contributed by atoms with Crippen molar-refractivity contribution in [3.05, 3.63) is 50.1 Å². The molecule has 100 valence electrons. The minimum atomic E-state index is -0.157. The van der Waals surface area contributed by atoms with Gasteiger partial charge in [0.15, 0.2) is 6.61 Å². The van der Waals surface area contributed by atoms with E-state index in [9.17, 15) is 4.79 Å². The first-order valence-corrected chi connectivity index (χ1v) is 7.57. The molecule has 1 aromatic heterocycles. The minimum absolute atomic E-state index is 0.00930. The fourth-order valence-electron chi connectivity index (χ4n) is 1.36. The summed E-state index contributed by atoms with van der Waals surface area (Å²) < 4.78 is 6.35. The van der Waals surface area contributed by atoms with E-state index in [1.807, 2.05) is 11.4 Å². The maximum absolute atomic E-state index is 11.6. The van der Waals surface area contributed by atoms with Gasteiger partial charge in [0.1, 0.15) is 5.75 Å². The van der Waals surface area contributed by atoms with E-state index in [2.05, 4.69) is 21.2 Å². The minimum Gasteiger partial charge on any atom is -0.484 e. The molecule has 0 radical (unpaired) electrons. The molecule has 0 fully saturated rings. The molecule has 0 aliphatic carbocycles. The van der Waals surface area contributed by atoms with E-state index >= 15 is 0 Å². The zero-order valence-corrected chi connectivity index (χ0v) is 13.0. The number of amides is 1. The molecule has 0 bridgehead atoms. The van der Waals surface area contributed by atoms with Crippen molar-refractivity contribution >= 4 is 44.8 Å². The van der Waals surface area contributed by atoms with Gasteiger partial charge in [-0.15, -0.1) is 11.3 Å². The molecule has 19 heavy (non-hydrogen) atoms. The second-order valence-electron chi connectivity index (χ2n) is 3.71. The summed E-state index contributed by atoms with van der Waals surface area (Å²) in [5.74, 6) is 0.465. The first-order valence-electron chi connectivity index (χ1n) is 5.52. The number of benzene rings is 1. The summed E-state index contributed by atoms with van der Waals surface area (Å²) in [4.78, 5) is 12.7. The maximum atomic E-state index is 11.6. The van der Waals surface area contributed by atoms with E-state index in [0.717, 1.165) is 9.35 Å². The third kappa shape index (κ3) is 4.53. The normalized spacial score (nSPS) is 10.2. The summed E-state index contributed by atoms with van der Waals surface area (Å²) in [5, 5.41) is 5.40. The van der Waals surface area contributed by atoms with E-state index in [4.69, 9.17) is 16.3 Å².